The highest BCUT2D eigenvalue weighted by Crippen LogP contribution is 2.22. The lowest BCUT2D eigenvalue weighted by atomic mass is 10.1. The number of nitrogens with zero attached hydrogens (tertiary/aromatic N) is 2. The van der Waals surface area contributed by atoms with E-state index in [2.05, 4.69) is 0 Å². The van der Waals surface area contributed by atoms with Crippen molar-refractivity contribution in [3.05, 3.63) is 65.2 Å². The Hall–Kier alpha value is -2.82. The number of benzene rings is 2. The van der Waals surface area contributed by atoms with Gasteiger partial charge in [-0.1, -0.05) is 17.7 Å². The molecule has 0 saturated carbocycles. The summed E-state index contributed by atoms with van der Waals surface area (Å²) in [6.07, 6.45) is 4.12. The smallest absolute Gasteiger partial charge is 0.254 e. The number of ether oxygens (including phenoxy) is 1. The molecule has 0 aromatic heterocycles. The molecular weight excluding hydrogens is 364 g/mol. The number of rotatable bonds is 5. The molecule has 152 valence electrons. The van der Waals surface area contributed by atoms with E-state index in [4.69, 9.17) is 4.74 Å². The molecule has 0 spiro atoms. The minimum Gasteiger partial charge on any atom is -0.491 e. The van der Waals surface area contributed by atoms with Crippen LogP contribution >= 0.6 is 0 Å². The van der Waals surface area contributed by atoms with Gasteiger partial charge in [-0.05, 0) is 69.0 Å². The lowest BCUT2D eigenvalue weighted by Crippen LogP contribution is -2.39. The lowest BCUT2D eigenvalue weighted by molar-refractivity contribution is 0.0690. The molecule has 0 aliphatic carbocycles. The fourth-order valence-corrected chi connectivity index (χ4v) is 4.13. The van der Waals surface area contributed by atoms with E-state index in [-0.39, 0.29) is 17.9 Å². The molecule has 29 heavy (non-hydrogen) atoms. The van der Waals surface area contributed by atoms with Crippen molar-refractivity contribution in [1.82, 2.24) is 9.80 Å². The number of likely N-dealkylation sites (tertiary alicyclic amines) is 2. The number of carbonyl (C=O) groups excluding carboxylic acids is 2. The van der Waals surface area contributed by atoms with Gasteiger partial charge in [0.1, 0.15) is 12.4 Å². The topological polar surface area (TPSA) is 49.9 Å². The predicted octanol–water partition coefficient (Wildman–Crippen LogP) is 3.91. The summed E-state index contributed by atoms with van der Waals surface area (Å²) in [7, 11) is 0. The van der Waals surface area contributed by atoms with Crippen molar-refractivity contribution in [2.45, 2.75) is 38.6 Å². The molecule has 2 amide bonds. The molecule has 5 heteroatoms. The first-order valence-corrected chi connectivity index (χ1v) is 10.5. The highest BCUT2D eigenvalue weighted by atomic mass is 16.5. The first kappa shape index (κ1) is 19.5. The van der Waals surface area contributed by atoms with E-state index in [1.54, 1.807) is 0 Å². The van der Waals surface area contributed by atoms with Crippen LogP contribution in [-0.4, -0.2) is 53.9 Å². The third kappa shape index (κ3) is 4.44. The van der Waals surface area contributed by atoms with Gasteiger partial charge in [0.15, 0.2) is 0 Å². The Labute approximate surface area is 172 Å². The van der Waals surface area contributed by atoms with Crippen LogP contribution in [-0.2, 0) is 0 Å². The second kappa shape index (κ2) is 8.68. The van der Waals surface area contributed by atoms with Crippen molar-refractivity contribution in [3.63, 3.8) is 0 Å². The third-order valence-corrected chi connectivity index (χ3v) is 5.87. The fourth-order valence-electron chi connectivity index (χ4n) is 4.13. The standard InChI is InChI=1S/C24H28N2O3/c1-18-6-8-20(9-7-18)24(28)26-16-4-5-21(26)17-29-22-12-10-19(11-13-22)23(27)25-14-2-3-15-25/h6-13,21H,2-5,14-17H2,1H3/t21-/m1/s1. The Morgan fingerprint density at radius 2 is 1.48 bits per heavy atom. The second-order valence-corrected chi connectivity index (χ2v) is 8.00. The lowest BCUT2D eigenvalue weighted by Gasteiger charge is -2.25. The van der Waals surface area contributed by atoms with Gasteiger partial charge in [-0.15, -0.1) is 0 Å². The van der Waals surface area contributed by atoms with Crippen molar-refractivity contribution >= 4 is 11.8 Å². The number of aryl methyl sites for hydroxylation is 1. The zero-order valence-corrected chi connectivity index (χ0v) is 17.0. The van der Waals surface area contributed by atoms with Crippen molar-refractivity contribution < 1.29 is 14.3 Å². The summed E-state index contributed by atoms with van der Waals surface area (Å²) in [5, 5.41) is 0. The van der Waals surface area contributed by atoms with E-state index in [9.17, 15) is 9.59 Å². The zero-order valence-electron chi connectivity index (χ0n) is 17.0. The average Bonchev–Trinajstić information content (AvgIpc) is 3.44. The summed E-state index contributed by atoms with van der Waals surface area (Å²) in [5.74, 6) is 0.903. The molecule has 2 aromatic carbocycles. The van der Waals surface area contributed by atoms with Crippen LogP contribution in [0.2, 0.25) is 0 Å². The largest absolute Gasteiger partial charge is 0.491 e. The third-order valence-electron chi connectivity index (χ3n) is 5.87. The summed E-state index contributed by atoms with van der Waals surface area (Å²) in [5.41, 5.74) is 2.58. The van der Waals surface area contributed by atoms with Crippen LogP contribution in [0.4, 0.5) is 0 Å². The van der Waals surface area contributed by atoms with Gasteiger partial charge in [-0.2, -0.15) is 0 Å². The Morgan fingerprint density at radius 3 is 2.17 bits per heavy atom. The fraction of sp³-hybridized carbons (Fsp3) is 0.417. The molecule has 0 radical (unpaired) electrons. The van der Waals surface area contributed by atoms with Crippen molar-refractivity contribution in [1.29, 1.82) is 0 Å². The summed E-state index contributed by atoms with van der Waals surface area (Å²) in [4.78, 5) is 29.1. The van der Waals surface area contributed by atoms with Crippen LogP contribution in [0.5, 0.6) is 5.75 Å². The summed E-state index contributed by atoms with van der Waals surface area (Å²) >= 11 is 0. The van der Waals surface area contributed by atoms with E-state index in [1.165, 1.54) is 0 Å². The maximum atomic E-state index is 12.9. The van der Waals surface area contributed by atoms with E-state index >= 15 is 0 Å². The highest BCUT2D eigenvalue weighted by molar-refractivity contribution is 5.95. The summed E-state index contributed by atoms with van der Waals surface area (Å²) < 4.78 is 5.97. The van der Waals surface area contributed by atoms with E-state index < -0.39 is 0 Å². The molecule has 4 rings (SSSR count). The van der Waals surface area contributed by atoms with Crippen LogP contribution in [0.15, 0.2) is 48.5 Å². The molecule has 0 unspecified atom stereocenters. The first-order chi connectivity index (χ1) is 14.1. The van der Waals surface area contributed by atoms with Crippen LogP contribution in [0.25, 0.3) is 0 Å². The summed E-state index contributed by atoms with van der Waals surface area (Å²) in [6.45, 7) is 4.96. The maximum Gasteiger partial charge on any atom is 0.254 e. The zero-order chi connectivity index (χ0) is 20.2. The molecule has 1 atom stereocenters. The van der Waals surface area contributed by atoms with Gasteiger partial charge in [0, 0.05) is 30.8 Å². The van der Waals surface area contributed by atoms with Crippen LogP contribution in [0.1, 0.15) is 52.0 Å². The predicted molar refractivity (Wildman–Crippen MR) is 112 cm³/mol. The minimum absolute atomic E-state index is 0.0719. The molecule has 2 aliphatic heterocycles. The van der Waals surface area contributed by atoms with E-state index in [0.717, 1.165) is 62.2 Å². The Morgan fingerprint density at radius 1 is 0.862 bits per heavy atom. The molecule has 2 heterocycles. The molecule has 0 bridgehead atoms. The SMILES string of the molecule is Cc1ccc(C(=O)N2CCC[C@@H]2COc2ccc(C(=O)N3CCCC3)cc2)cc1. The normalized spacial score (nSPS) is 18.9. The highest BCUT2D eigenvalue weighted by Gasteiger charge is 2.30. The van der Waals surface area contributed by atoms with Gasteiger partial charge in [0.05, 0.1) is 6.04 Å². The minimum atomic E-state index is 0.0719. The molecule has 2 aliphatic rings. The molecule has 0 N–H and O–H groups in total. The number of hydrogen-bond donors (Lipinski definition) is 0. The Bertz CT molecular complexity index is 855. The summed E-state index contributed by atoms with van der Waals surface area (Å²) in [6, 6.07) is 15.2. The average molecular weight is 392 g/mol. The number of amides is 2. The molecule has 5 nitrogen and oxygen atoms in total. The number of hydrogen-bond acceptors (Lipinski definition) is 3. The van der Waals surface area contributed by atoms with Gasteiger partial charge >= 0.3 is 0 Å². The first-order valence-electron chi connectivity index (χ1n) is 10.5. The number of carbonyl (C=O) groups is 2. The molecule has 2 fully saturated rings. The molecule has 2 aromatic rings. The monoisotopic (exact) mass is 392 g/mol. The second-order valence-electron chi connectivity index (χ2n) is 8.00. The van der Waals surface area contributed by atoms with Gasteiger partial charge in [-0.25, -0.2) is 0 Å². The Kier molecular flexibility index (Phi) is 5.84. The van der Waals surface area contributed by atoms with Gasteiger partial charge in [-0.3, -0.25) is 9.59 Å². The molecular formula is C24H28N2O3. The van der Waals surface area contributed by atoms with Crippen molar-refractivity contribution in [3.8, 4) is 5.75 Å². The van der Waals surface area contributed by atoms with Crippen molar-refractivity contribution in [2.24, 2.45) is 0 Å². The quantitative estimate of drug-likeness (QED) is 0.775. The Balaban J connectivity index is 1.34. The van der Waals surface area contributed by atoms with Crippen LogP contribution in [0.3, 0.4) is 0 Å². The van der Waals surface area contributed by atoms with Crippen LogP contribution < -0.4 is 4.74 Å². The van der Waals surface area contributed by atoms with Gasteiger partial charge in [0.2, 0.25) is 0 Å². The van der Waals surface area contributed by atoms with E-state index in [0.29, 0.717) is 12.2 Å². The van der Waals surface area contributed by atoms with Crippen LogP contribution in [0, 0.1) is 6.92 Å². The van der Waals surface area contributed by atoms with Crippen molar-refractivity contribution in [2.75, 3.05) is 26.2 Å². The van der Waals surface area contributed by atoms with Gasteiger partial charge < -0.3 is 14.5 Å². The van der Waals surface area contributed by atoms with Gasteiger partial charge in [0.25, 0.3) is 11.8 Å². The molecule has 2 saturated heterocycles. The van der Waals surface area contributed by atoms with E-state index in [1.807, 2.05) is 65.3 Å². The maximum absolute atomic E-state index is 12.9.